The summed E-state index contributed by atoms with van der Waals surface area (Å²) >= 11 is 0. The molecule has 1 fully saturated rings. The van der Waals surface area contributed by atoms with Crippen molar-refractivity contribution in [2.45, 2.75) is 25.3 Å². The van der Waals surface area contributed by atoms with Crippen molar-refractivity contribution in [2.24, 2.45) is 0 Å². The standard InChI is InChI=1S/C12H12N4O5/c17-12(18)9-3-1-2-6-15(9)7-4-5-8(16(19)20)11-10(7)13-21-14-11/h4-5,9H,1-3,6H2,(H,17,18). The second-order valence-corrected chi connectivity index (χ2v) is 4.87. The van der Waals surface area contributed by atoms with Crippen LogP contribution in [0.1, 0.15) is 19.3 Å². The average Bonchev–Trinajstić information content (AvgIpc) is 2.95. The average molecular weight is 292 g/mol. The summed E-state index contributed by atoms with van der Waals surface area (Å²) < 4.78 is 4.60. The van der Waals surface area contributed by atoms with E-state index in [0.717, 1.165) is 12.8 Å². The maximum absolute atomic E-state index is 11.4. The zero-order valence-electron chi connectivity index (χ0n) is 10.9. The molecule has 1 N–H and O–H groups in total. The molecule has 1 aromatic heterocycles. The number of hydrogen-bond donors (Lipinski definition) is 1. The third kappa shape index (κ3) is 2.16. The quantitative estimate of drug-likeness (QED) is 0.668. The minimum absolute atomic E-state index is 0.0345. The Labute approximate surface area is 118 Å². The van der Waals surface area contributed by atoms with Gasteiger partial charge in [-0.05, 0) is 35.6 Å². The molecule has 2 heterocycles. The van der Waals surface area contributed by atoms with Gasteiger partial charge in [-0.25, -0.2) is 9.42 Å². The van der Waals surface area contributed by atoms with Crippen LogP contribution in [0.25, 0.3) is 11.0 Å². The number of nitrogens with zero attached hydrogens (tertiary/aromatic N) is 4. The van der Waals surface area contributed by atoms with Crippen molar-refractivity contribution < 1.29 is 19.5 Å². The van der Waals surface area contributed by atoms with Gasteiger partial charge in [0.2, 0.25) is 5.52 Å². The van der Waals surface area contributed by atoms with Crippen molar-refractivity contribution >= 4 is 28.4 Å². The van der Waals surface area contributed by atoms with E-state index in [1.165, 1.54) is 12.1 Å². The molecule has 0 spiro atoms. The number of nitro benzene ring substituents is 1. The van der Waals surface area contributed by atoms with Crippen LogP contribution in [0.5, 0.6) is 0 Å². The van der Waals surface area contributed by atoms with E-state index in [9.17, 15) is 20.0 Å². The number of non-ortho nitro benzene ring substituents is 1. The van der Waals surface area contributed by atoms with Gasteiger partial charge < -0.3 is 10.0 Å². The van der Waals surface area contributed by atoms with Gasteiger partial charge in [-0.2, -0.15) is 0 Å². The number of fused-ring (bicyclic) bond motifs is 1. The lowest BCUT2D eigenvalue weighted by Gasteiger charge is -2.34. The third-order valence-electron chi connectivity index (χ3n) is 3.67. The number of anilines is 1. The molecule has 0 radical (unpaired) electrons. The summed E-state index contributed by atoms with van der Waals surface area (Å²) in [5.74, 6) is -0.919. The molecule has 0 amide bonds. The monoisotopic (exact) mass is 292 g/mol. The van der Waals surface area contributed by atoms with Gasteiger partial charge in [-0.1, -0.05) is 0 Å². The van der Waals surface area contributed by atoms with E-state index in [-0.39, 0.29) is 16.7 Å². The molecule has 1 atom stereocenters. The molecule has 21 heavy (non-hydrogen) atoms. The molecule has 9 heteroatoms. The summed E-state index contributed by atoms with van der Waals surface area (Å²) in [6.07, 6.45) is 2.22. The van der Waals surface area contributed by atoms with E-state index in [0.29, 0.717) is 18.7 Å². The van der Waals surface area contributed by atoms with Crippen molar-refractivity contribution in [1.82, 2.24) is 10.3 Å². The van der Waals surface area contributed by atoms with Crippen molar-refractivity contribution in [2.75, 3.05) is 11.4 Å². The first-order valence-electron chi connectivity index (χ1n) is 6.48. The third-order valence-corrected chi connectivity index (χ3v) is 3.67. The normalized spacial score (nSPS) is 18.9. The molecule has 1 aliphatic rings. The second-order valence-electron chi connectivity index (χ2n) is 4.87. The van der Waals surface area contributed by atoms with Gasteiger partial charge in [0.15, 0.2) is 5.52 Å². The summed E-state index contributed by atoms with van der Waals surface area (Å²) in [6, 6.07) is 2.14. The molecule has 3 rings (SSSR count). The topological polar surface area (TPSA) is 123 Å². The summed E-state index contributed by atoms with van der Waals surface area (Å²) in [6.45, 7) is 0.552. The van der Waals surface area contributed by atoms with Crippen LogP contribution in [-0.2, 0) is 4.79 Å². The number of aromatic nitrogens is 2. The molecule has 2 aromatic rings. The molecule has 0 aliphatic carbocycles. The highest BCUT2D eigenvalue weighted by molar-refractivity contribution is 5.95. The summed E-state index contributed by atoms with van der Waals surface area (Å²) in [4.78, 5) is 23.5. The molecule has 1 unspecified atom stereocenters. The highest BCUT2D eigenvalue weighted by Gasteiger charge is 2.32. The van der Waals surface area contributed by atoms with Crippen molar-refractivity contribution in [3.8, 4) is 0 Å². The number of nitro groups is 1. The molecule has 110 valence electrons. The van der Waals surface area contributed by atoms with Crippen LogP contribution in [0.3, 0.4) is 0 Å². The Hall–Kier alpha value is -2.71. The van der Waals surface area contributed by atoms with E-state index in [1.54, 1.807) is 4.90 Å². The van der Waals surface area contributed by atoms with Gasteiger partial charge in [0.1, 0.15) is 6.04 Å². The molecule has 0 saturated carbocycles. The smallest absolute Gasteiger partial charge is 0.326 e. The molecular weight excluding hydrogens is 280 g/mol. The molecular formula is C12H12N4O5. The van der Waals surface area contributed by atoms with Crippen LogP contribution in [0.15, 0.2) is 16.8 Å². The second kappa shape index (κ2) is 5.00. The number of hydrogen-bond acceptors (Lipinski definition) is 7. The largest absolute Gasteiger partial charge is 0.480 e. The number of carboxylic acid groups (broad SMARTS) is 1. The maximum Gasteiger partial charge on any atom is 0.326 e. The first kappa shape index (κ1) is 13.3. The van der Waals surface area contributed by atoms with Crippen molar-refractivity contribution in [1.29, 1.82) is 0 Å². The van der Waals surface area contributed by atoms with Gasteiger partial charge in [0.25, 0.3) is 0 Å². The lowest BCUT2D eigenvalue weighted by molar-refractivity contribution is -0.383. The van der Waals surface area contributed by atoms with Gasteiger partial charge >= 0.3 is 11.7 Å². The summed E-state index contributed by atoms with van der Waals surface area (Å²) in [7, 11) is 0. The van der Waals surface area contributed by atoms with Crippen LogP contribution in [0, 0.1) is 10.1 Å². The van der Waals surface area contributed by atoms with Crippen LogP contribution in [0.4, 0.5) is 11.4 Å². The van der Waals surface area contributed by atoms with Crippen LogP contribution in [-0.4, -0.2) is 38.9 Å². The fourth-order valence-corrected chi connectivity index (χ4v) is 2.70. The Bertz CT molecular complexity index is 713. The lowest BCUT2D eigenvalue weighted by atomic mass is 10.0. The van der Waals surface area contributed by atoms with Crippen LogP contribution < -0.4 is 4.90 Å². The molecule has 1 aromatic carbocycles. The molecule has 9 nitrogen and oxygen atoms in total. The molecule has 1 aliphatic heterocycles. The Kier molecular flexibility index (Phi) is 3.16. The molecule has 0 bridgehead atoms. The Morgan fingerprint density at radius 2 is 2.14 bits per heavy atom. The van der Waals surface area contributed by atoms with Gasteiger partial charge in [0, 0.05) is 12.6 Å². The fourth-order valence-electron chi connectivity index (χ4n) is 2.70. The fraction of sp³-hybridized carbons (Fsp3) is 0.417. The lowest BCUT2D eigenvalue weighted by Crippen LogP contribution is -2.44. The number of carbonyl (C=O) groups is 1. The highest BCUT2D eigenvalue weighted by Crippen LogP contribution is 2.34. The predicted octanol–water partition coefficient (Wildman–Crippen LogP) is 1.57. The molecule has 1 saturated heterocycles. The van der Waals surface area contributed by atoms with E-state index in [4.69, 9.17) is 0 Å². The highest BCUT2D eigenvalue weighted by atomic mass is 16.6. The van der Waals surface area contributed by atoms with Crippen LogP contribution >= 0.6 is 0 Å². The van der Waals surface area contributed by atoms with Gasteiger partial charge in [-0.15, -0.1) is 0 Å². The first-order chi connectivity index (χ1) is 10.1. The summed E-state index contributed by atoms with van der Waals surface area (Å²) in [5, 5.41) is 27.6. The minimum atomic E-state index is -0.919. The van der Waals surface area contributed by atoms with Crippen molar-refractivity contribution in [3.05, 3.63) is 22.2 Å². The SMILES string of the molecule is O=C(O)C1CCCCN1c1ccc([N+](=O)[O-])c2nonc12. The van der Waals surface area contributed by atoms with E-state index in [1.807, 2.05) is 0 Å². The van der Waals surface area contributed by atoms with Gasteiger partial charge in [-0.3, -0.25) is 10.1 Å². The minimum Gasteiger partial charge on any atom is -0.480 e. The van der Waals surface area contributed by atoms with E-state index >= 15 is 0 Å². The van der Waals surface area contributed by atoms with E-state index in [2.05, 4.69) is 14.9 Å². The van der Waals surface area contributed by atoms with Crippen molar-refractivity contribution in [3.63, 3.8) is 0 Å². The number of rotatable bonds is 3. The number of piperidine rings is 1. The zero-order valence-corrected chi connectivity index (χ0v) is 10.9. The van der Waals surface area contributed by atoms with Gasteiger partial charge in [0.05, 0.1) is 10.6 Å². The zero-order chi connectivity index (χ0) is 15.0. The number of aliphatic carboxylic acids is 1. The summed E-state index contributed by atoms with van der Waals surface area (Å²) in [5.41, 5.74) is 0.549. The predicted molar refractivity (Wildman–Crippen MR) is 71.1 cm³/mol. The Morgan fingerprint density at radius 1 is 1.38 bits per heavy atom. The maximum atomic E-state index is 11.4. The number of carboxylic acids is 1. The first-order valence-corrected chi connectivity index (χ1v) is 6.48. The Morgan fingerprint density at radius 3 is 2.86 bits per heavy atom. The van der Waals surface area contributed by atoms with Crippen LogP contribution in [0.2, 0.25) is 0 Å². The Balaban J connectivity index is 2.12. The van der Waals surface area contributed by atoms with E-state index < -0.39 is 16.9 Å². The number of benzene rings is 1.